The SMILES string of the molecule is C[C@H]1CN(c2c(NC(=O)c3ccc(F)c(-c4c(F)cc(CO)cc4F)n3)cnc3c2CCC3O)C[C@@H](N)[C@@H]1O. The van der Waals surface area contributed by atoms with Gasteiger partial charge in [0, 0.05) is 30.6 Å². The molecule has 1 amide bonds. The van der Waals surface area contributed by atoms with Crippen molar-refractivity contribution in [2.24, 2.45) is 11.7 Å². The molecule has 9 nitrogen and oxygen atoms in total. The monoisotopic (exact) mass is 543 g/mol. The summed E-state index contributed by atoms with van der Waals surface area (Å²) in [5, 5.41) is 32.6. The van der Waals surface area contributed by atoms with Crippen LogP contribution in [0.1, 0.15) is 46.8 Å². The molecular formula is C27H28F3N5O4. The molecule has 1 aromatic carbocycles. The Morgan fingerprint density at radius 1 is 1.15 bits per heavy atom. The van der Waals surface area contributed by atoms with Crippen molar-refractivity contribution in [2.75, 3.05) is 23.3 Å². The van der Waals surface area contributed by atoms with E-state index in [-0.39, 0.29) is 17.2 Å². The maximum absolute atomic E-state index is 14.6. The number of aliphatic hydroxyl groups is 3. The van der Waals surface area contributed by atoms with E-state index < -0.39 is 59.5 Å². The van der Waals surface area contributed by atoms with Gasteiger partial charge in [-0.3, -0.25) is 9.78 Å². The van der Waals surface area contributed by atoms with Gasteiger partial charge in [0.1, 0.15) is 28.8 Å². The summed E-state index contributed by atoms with van der Waals surface area (Å²) in [7, 11) is 0. The number of nitrogens with zero attached hydrogens (tertiary/aromatic N) is 3. The van der Waals surface area contributed by atoms with Gasteiger partial charge in [0.2, 0.25) is 0 Å². The van der Waals surface area contributed by atoms with E-state index in [4.69, 9.17) is 5.73 Å². The van der Waals surface area contributed by atoms with Crippen LogP contribution in [0.15, 0.2) is 30.5 Å². The number of pyridine rings is 2. The Bertz CT molecular complexity index is 1400. The normalized spacial score (nSPS) is 22.6. The van der Waals surface area contributed by atoms with Gasteiger partial charge in [-0.15, -0.1) is 0 Å². The van der Waals surface area contributed by atoms with Gasteiger partial charge in [0.15, 0.2) is 0 Å². The fourth-order valence-corrected chi connectivity index (χ4v) is 5.33. The van der Waals surface area contributed by atoms with Crippen molar-refractivity contribution in [3.63, 3.8) is 0 Å². The smallest absolute Gasteiger partial charge is 0.274 e. The third-order valence-corrected chi connectivity index (χ3v) is 7.29. The van der Waals surface area contributed by atoms with Crippen molar-refractivity contribution in [1.82, 2.24) is 9.97 Å². The minimum atomic E-state index is -1.13. The molecule has 0 saturated carbocycles. The molecule has 0 spiro atoms. The van der Waals surface area contributed by atoms with Crippen LogP contribution in [0.25, 0.3) is 11.3 Å². The van der Waals surface area contributed by atoms with Crippen molar-refractivity contribution >= 4 is 17.3 Å². The molecule has 39 heavy (non-hydrogen) atoms. The third kappa shape index (κ3) is 4.96. The minimum absolute atomic E-state index is 0.0379. The maximum Gasteiger partial charge on any atom is 0.274 e. The zero-order valence-electron chi connectivity index (χ0n) is 21.0. The van der Waals surface area contributed by atoms with Gasteiger partial charge in [-0.1, -0.05) is 6.92 Å². The lowest BCUT2D eigenvalue weighted by Crippen LogP contribution is -2.56. The number of piperidine rings is 1. The molecule has 3 heterocycles. The molecule has 5 rings (SSSR count). The van der Waals surface area contributed by atoms with Gasteiger partial charge in [0.25, 0.3) is 5.91 Å². The number of halogens is 3. The first-order valence-corrected chi connectivity index (χ1v) is 12.5. The molecular weight excluding hydrogens is 515 g/mol. The summed E-state index contributed by atoms with van der Waals surface area (Å²) in [5.74, 6) is -4.26. The Hall–Kier alpha value is -3.58. The number of hydrogen-bond acceptors (Lipinski definition) is 8. The average Bonchev–Trinajstić information content (AvgIpc) is 3.27. The van der Waals surface area contributed by atoms with Crippen molar-refractivity contribution in [1.29, 1.82) is 0 Å². The van der Waals surface area contributed by atoms with Gasteiger partial charge in [-0.25, -0.2) is 18.2 Å². The molecule has 6 N–H and O–H groups in total. The van der Waals surface area contributed by atoms with Crippen LogP contribution in [0.2, 0.25) is 0 Å². The molecule has 3 aromatic rings. The number of hydrogen-bond donors (Lipinski definition) is 5. The van der Waals surface area contributed by atoms with E-state index in [2.05, 4.69) is 15.3 Å². The number of benzene rings is 1. The molecule has 1 unspecified atom stereocenters. The summed E-state index contributed by atoms with van der Waals surface area (Å²) in [4.78, 5) is 23.5. The number of carbonyl (C=O) groups excluding carboxylic acids is 1. The first kappa shape index (κ1) is 27.0. The summed E-state index contributed by atoms with van der Waals surface area (Å²) in [6.45, 7) is 1.98. The van der Waals surface area contributed by atoms with Crippen LogP contribution in [-0.4, -0.2) is 56.4 Å². The van der Waals surface area contributed by atoms with Crippen LogP contribution >= 0.6 is 0 Å². The first-order valence-electron chi connectivity index (χ1n) is 12.5. The van der Waals surface area contributed by atoms with Gasteiger partial charge in [-0.2, -0.15) is 0 Å². The lowest BCUT2D eigenvalue weighted by atomic mass is 9.92. The number of fused-ring (bicyclic) bond motifs is 1. The Kier molecular flexibility index (Phi) is 7.29. The third-order valence-electron chi connectivity index (χ3n) is 7.29. The highest BCUT2D eigenvalue weighted by molar-refractivity contribution is 6.05. The number of nitrogens with two attached hydrogens (primary N) is 1. The number of amides is 1. The van der Waals surface area contributed by atoms with Crippen LogP contribution in [-0.2, 0) is 13.0 Å². The summed E-state index contributed by atoms with van der Waals surface area (Å²) in [6.07, 6.45) is 0.910. The summed E-state index contributed by atoms with van der Waals surface area (Å²) in [5.41, 5.74) is 6.52. The number of carbonyl (C=O) groups is 1. The van der Waals surface area contributed by atoms with Gasteiger partial charge in [-0.05, 0) is 42.7 Å². The van der Waals surface area contributed by atoms with Gasteiger partial charge in [0.05, 0.1) is 47.6 Å². The quantitative estimate of drug-likeness (QED) is 0.330. The number of aromatic nitrogens is 2. The van der Waals surface area contributed by atoms with E-state index >= 15 is 0 Å². The standard InChI is InChI=1S/C27H28F3N5O4/c1-12-9-35(10-18(31)26(12)38)25-14-2-5-21(37)23(14)32-8-20(25)34-27(39)19-4-3-15(28)24(33-19)22-16(29)6-13(11-36)7-17(22)30/h3-4,6-8,12,18,21,26,36-38H,2,5,9-11,31H2,1H3,(H,34,39)/t12-,18+,21?,26+/m0/s1. The predicted molar refractivity (Wildman–Crippen MR) is 136 cm³/mol. The molecule has 4 atom stereocenters. The highest BCUT2D eigenvalue weighted by atomic mass is 19.1. The molecule has 2 aliphatic rings. The second kappa shape index (κ2) is 10.5. The molecule has 12 heteroatoms. The van der Waals surface area contributed by atoms with Crippen LogP contribution in [0.5, 0.6) is 0 Å². The topological polar surface area (TPSA) is 145 Å². The molecule has 2 aromatic heterocycles. The highest BCUT2D eigenvalue weighted by Crippen LogP contribution is 2.41. The molecule has 206 valence electrons. The van der Waals surface area contributed by atoms with E-state index in [0.717, 1.165) is 29.8 Å². The van der Waals surface area contributed by atoms with Crippen molar-refractivity contribution < 1.29 is 33.3 Å². The Morgan fingerprint density at radius 3 is 2.54 bits per heavy atom. The Labute approximate surface area is 222 Å². The summed E-state index contributed by atoms with van der Waals surface area (Å²) < 4.78 is 43.9. The van der Waals surface area contributed by atoms with Gasteiger partial charge < -0.3 is 31.3 Å². The zero-order valence-corrected chi connectivity index (χ0v) is 21.0. The van der Waals surface area contributed by atoms with Crippen molar-refractivity contribution in [3.8, 4) is 11.3 Å². The lowest BCUT2D eigenvalue weighted by molar-refractivity contribution is 0.0784. The van der Waals surface area contributed by atoms with E-state index in [0.29, 0.717) is 43.0 Å². The number of rotatable bonds is 5. The van der Waals surface area contributed by atoms with Crippen molar-refractivity contribution in [3.05, 3.63) is 70.4 Å². The molecule has 1 aliphatic carbocycles. The van der Waals surface area contributed by atoms with E-state index in [9.17, 15) is 33.3 Å². The number of nitrogens with one attached hydrogen (secondary N) is 1. The zero-order chi connectivity index (χ0) is 28.0. The minimum Gasteiger partial charge on any atom is -0.392 e. The number of anilines is 2. The average molecular weight is 544 g/mol. The summed E-state index contributed by atoms with van der Waals surface area (Å²) >= 11 is 0. The van der Waals surface area contributed by atoms with Crippen LogP contribution in [0.4, 0.5) is 24.5 Å². The summed E-state index contributed by atoms with van der Waals surface area (Å²) in [6, 6.07) is 3.16. The second-order valence-corrected chi connectivity index (χ2v) is 10.0. The first-order chi connectivity index (χ1) is 18.6. The van der Waals surface area contributed by atoms with E-state index in [1.54, 1.807) is 0 Å². The largest absolute Gasteiger partial charge is 0.392 e. The molecule has 1 fully saturated rings. The van der Waals surface area contributed by atoms with Crippen molar-refractivity contribution in [2.45, 2.75) is 44.6 Å². The molecule has 0 bridgehead atoms. The van der Waals surface area contributed by atoms with E-state index in [1.165, 1.54) is 6.20 Å². The number of aliphatic hydroxyl groups excluding tert-OH is 3. The lowest BCUT2D eigenvalue weighted by Gasteiger charge is -2.41. The fraction of sp³-hybridized carbons (Fsp3) is 0.370. The molecule has 1 saturated heterocycles. The van der Waals surface area contributed by atoms with E-state index in [1.807, 2.05) is 11.8 Å². The Morgan fingerprint density at radius 2 is 1.87 bits per heavy atom. The Balaban J connectivity index is 1.51. The van der Waals surface area contributed by atoms with Crippen LogP contribution < -0.4 is 16.0 Å². The predicted octanol–water partition coefficient (Wildman–Crippen LogP) is 2.43. The fourth-order valence-electron chi connectivity index (χ4n) is 5.33. The second-order valence-electron chi connectivity index (χ2n) is 10.0. The molecule has 0 radical (unpaired) electrons. The van der Waals surface area contributed by atoms with Crippen LogP contribution in [0, 0.1) is 23.4 Å². The highest BCUT2D eigenvalue weighted by Gasteiger charge is 2.36. The molecule has 1 aliphatic heterocycles. The van der Waals surface area contributed by atoms with Gasteiger partial charge >= 0.3 is 0 Å². The maximum atomic E-state index is 14.6. The van der Waals surface area contributed by atoms with Crippen LogP contribution in [0.3, 0.4) is 0 Å².